The second kappa shape index (κ2) is 8.43. The van der Waals surface area contributed by atoms with Crippen molar-refractivity contribution in [1.82, 2.24) is 19.9 Å². The summed E-state index contributed by atoms with van der Waals surface area (Å²) in [7, 11) is 0. The zero-order chi connectivity index (χ0) is 16.8. The second-order valence-corrected chi connectivity index (χ2v) is 7.34. The van der Waals surface area contributed by atoms with Crippen molar-refractivity contribution in [3.63, 3.8) is 0 Å². The third-order valence-corrected chi connectivity index (χ3v) is 5.02. The average molecular weight is 409 g/mol. The van der Waals surface area contributed by atoms with E-state index in [4.69, 9.17) is 4.74 Å². The molecule has 2 aromatic heterocycles. The van der Waals surface area contributed by atoms with Gasteiger partial charge in [-0.15, -0.1) is 11.8 Å². The first-order valence-corrected chi connectivity index (χ1v) is 9.43. The number of likely N-dealkylation sites (tertiary alicyclic amines) is 1. The number of pyridine rings is 1. The van der Waals surface area contributed by atoms with E-state index >= 15 is 0 Å². The predicted molar refractivity (Wildman–Crippen MR) is 94.9 cm³/mol. The van der Waals surface area contributed by atoms with Gasteiger partial charge in [-0.05, 0) is 40.9 Å². The molecule has 0 radical (unpaired) electrons. The molecule has 6 nitrogen and oxygen atoms in total. The molecule has 126 valence electrons. The van der Waals surface area contributed by atoms with Crippen LogP contribution in [0, 0.1) is 0 Å². The molecule has 1 aliphatic heterocycles. The van der Waals surface area contributed by atoms with Gasteiger partial charge in [0.05, 0.1) is 16.8 Å². The molecule has 2 aromatic rings. The van der Waals surface area contributed by atoms with E-state index in [1.165, 1.54) is 11.8 Å². The van der Waals surface area contributed by atoms with Crippen LogP contribution in [0.15, 0.2) is 46.3 Å². The molecule has 1 saturated heterocycles. The summed E-state index contributed by atoms with van der Waals surface area (Å²) < 4.78 is 6.61. The Bertz CT molecular complexity index is 672. The van der Waals surface area contributed by atoms with Gasteiger partial charge in [0.2, 0.25) is 5.91 Å². The van der Waals surface area contributed by atoms with Crippen LogP contribution in [0.4, 0.5) is 0 Å². The highest BCUT2D eigenvalue weighted by atomic mass is 79.9. The van der Waals surface area contributed by atoms with Crippen LogP contribution in [-0.4, -0.2) is 50.7 Å². The van der Waals surface area contributed by atoms with Gasteiger partial charge < -0.3 is 9.64 Å². The van der Waals surface area contributed by atoms with Crippen LogP contribution < -0.4 is 4.74 Å². The summed E-state index contributed by atoms with van der Waals surface area (Å²) in [6.07, 6.45) is 8.53. The molecule has 0 aromatic carbocycles. The van der Waals surface area contributed by atoms with Crippen molar-refractivity contribution >= 4 is 33.6 Å². The van der Waals surface area contributed by atoms with Crippen LogP contribution in [0.3, 0.4) is 0 Å². The molecule has 0 bridgehead atoms. The van der Waals surface area contributed by atoms with Crippen molar-refractivity contribution in [3.05, 3.63) is 41.4 Å². The zero-order valence-corrected chi connectivity index (χ0v) is 15.4. The third kappa shape index (κ3) is 4.91. The molecular weight excluding hydrogens is 392 g/mol. The van der Waals surface area contributed by atoms with Crippen LogP contribution >= 0.6 is 27.7 Å². The minimum atomic E-state index is -0.0604. The van der Waals surface area contributed by atoms with E-state index < -0.39 is 0 Å². The lowest BCUT2D eigenvalue weighted by Gasteiger charge is -2.32. The summed E-state index contributed by atoms with van der Waals surface area (Å²) in [6.45, 7) is 1.35. The number of nitrogens with zero attached hydrogens (tertiary/aromatic N) is 4. The number of aromatic nitrogens is 3. The molecule has 24 heavy (non-hydrogen) atoms. The highest BCUT2D eigenvalue weighted by molar-refractivity contribution is 9.10. The highest BCUT2D eigenvalue weighted by Crippen LogP contribution is 2.20. The standard InChI is InChI=1S/C16H17BrN4O2S/c17-12-8-19-16(20-9-12)23-13-2-1-7-21(10-13)15(22)11-24-14-3-5-18-6-4-14/h3-6,8-9,13H,1-2,7,10-11H2. The fourth-order valence-corrected chi connectivity index (χ4v) is 3.43. The molecular formula is C16H17BrN4O2S. The van der Waals surface area contributed by atoms with E-state index in [0.717, 1.165) is 28.8 Å². The van der Waals surface area contributed by atoms with Crippen LogP contribution in [0.25, 0.3) is 0 Å². The number of rotatable bonds is 5. The van der Waals surface area contributed by atoms with Crippen molar-refractivity contribution in [2.45, 2.75) is 23.8 Å². The van der Waals surface area contributed by atoms with Gasteiger partial charge in [-0.1, -0.05) is 0 Å². The lowest BCUT2D eigenvalue weighted by atomic mass is 10.1. The van der Waals surface area contributed by atoms with Gasteiger partial charge in [0.1, 0.15) is 6.10 Å². The molecule has 0 N–H and O–H groups in total. The molecule has 8 heteroatoms. The first-order valence-electron chi connectivity index (χ1n) is 7.65. The molecule has 3 heterocycles. The minimum absolute atomic E-state index is 0.0604. The number of ether oxygens (including phenoxy) is 1. The first kappa shape index (κ1) is 17.2. The van der Waals surface area contributed by atoms with Gasteiger partial charge in [-0.3, -0.25) is 9.78 Å². The summed E-state index contributed by atoms with van der Waals surface area (Å²) in [5.74, 6) is 0.549. The number of hydrogen-bond donors (Lipinski definition) is 0. The number of hydrogen-bond acceptors (Lipinski definition) is 6. The predicted octanol–water partition coefficient (Wildman–Crippen LogP) is 2.80. The Kier molecular flexibility index (Phi) is 6.03. The molecule has 1 unspecified atom stereocenters. The van der Waals surface area contributed by atoms with E-state index in [-0.39, 0.29) is 12.0 Å². The number of halogens is 1. The summed E-state index contributed by atoms with van der Waals surface area (Å²) in [6, 6.07) is 4.17. The largest absolute Gasteiger partial charge is 0.458 e. The van der Waals surface area contributed by atoms with Crippen molar-refractivity contribution in [2.24, 2.45) is 0 Å². The van der Waals surface area contributed by atoms with Gasteiger partial charge in [-0.25, -0.2) is 9.97 Å². The first-order chi connectivity index (χ1) is 11.7. The molecule has 1 amide bonds. The highest BCUT2D eigenvalue weighted by Gasteiger charge is 2.25. The van der Waals surface area contributed by atoms with Gasteiger partial charge >= 0.3 is 6.01 Å². The van der Waals surface area contributed by atoms with Crippen molar-refractivity contribution < 1.29 is 9.53 Å². The SMILES string of the molecule is O=C(CSc1ccncc1)N1CCCC(Oc2ncc(Br)cn2)C1. The van der Waals surface area contributed by atoms with Crippen molar-refractivity contribution in [2.75, 3.05) is 18.8 Å². The molecule has 0 saturated carbocycles. The van der Waals surface area contributed by atoms with Crippen molar-refractivity contribution in [3.8, 4) is 6.01 Å². The fourth-order valence-electron chi connectivity index (χ4n) is 2.44. The summed E-state index contributed by atoms with van der Waals surface area (Å²) in [5.41, 5.74) is 0. The van der Waals surface area contributed by atoms with Crippen LogP contribution in [-0.2, 0) is 4.79 Å². The van der Waals surface area contributed by atoms with E-state index in [0.29, 0.717) is 18.3 Å². The molecule has 1 fully saturated rings. The van der Waals surface area contributed by atoms with Crippen molar-refractivity contribution in [1.29, 1.82) is 0 Å². The normalized spacial score (nSPS) is 17.5. The Labute approximate surface area is 153 Å². The Morgan fingerprint density at radius 2 is 2.08 bits per heavy atom. The van der Waals surface area contributed by atoms with Gasteiger partial charge in [-0.2, -0.15) is 0 Å². The molecule has 1 aliphatic rings. The van der Waals surface area contributed by atoms with E-state index in [1.807, 2.05) is 17.0 Å². The Hall–Kier alpha value is -1.67. The number of carbonyl (C=O) groups excluding carboxylic acids is 1. The smallest absolute Gasteiger partial charge is 0.316 e. The molecule has 1 atom stereocenters. The Morgan fingerprint density at radius 1 is 1.33 bits per heavy atom. The average Bonchev–Trinajstić information content (AvgIpc) is 2.63. The summed E-state index contributed by atoms with van der Waals surface area (Å²) >= 11 is 4.82. The maximum absolute atomic E-state index is 12.4. The number of amides is 1. The minimum Gasteiger partial charge on any atom is -0.458 e. The number of piperidine rings is 1. The van der Waals surface area contributed by atoms with Gasteiger partial charge in [0.25, 0.3) is 0 Å². The number of carbonyl (C=O) groups is 1. The van der Waals surface area contributed by atoms with E-state index in [9.17, 15) is 4.79 Å². The van der Waals surface area contributed by atoms with E-state index in [1.54, 1.807) is 24.8 Å². The van der Waals surface area contributed by atoms with Crippen LogP contribution in [0.5, 0.6) is 6.01 Å². The monoisotopic (exact) mass is 408 g/mol. The third-order valence-electron chi connectivity index (χ3n) is 3.61. The molecule has 3 rings (SSSR count). The van der Waals surface area contributed by atoms with Gasteiger partial charge in [0.15, 0.2) is 0 Å². The van der Waals surface area contributed by atoms with E-state index in [2.05, 4.69) is 30.9 Å². The second-order valence-electron chi connectivity index (χ2n) is 5.38. The fraction of sp³-hybridized carbons (Fsp3) is 0.375. The van der Waals surface area contributed by atoms with Gasteiger partial charge in [0, 0.05) is 36.2 Å². The maximum Gasteiger partial charge on any atom is 0.316 e. The zero-order valence-electron chi connectivity index (χ0n) is 13.0. The summed E-state index contributed by atoms with van der Waals surface area (Å²) in [4.78, 5) is 27.5. The maximum atomic E-state index is 12.4. The molecule has 0 aliphatic carbocycles. The lowest BCUT2D eigenvalue weighted by molar-refractivity contribution is -0.131. The van der Waals surface area contributed by atoms with Crippen LogP contribution in [0.2, 0.25) is 0 Å². The quantitative estimate of drug-likeness (QED) is 0.708. The topological polar surface area (TPSA) is 68.2 Å². The Balaban J connectivity index is 1.51. The van der Waals surface area contributed by atoms with Crippen LogP contribution in [0.1, 0.15) is 12.8 Å². The Morgan fingerprint density at radius 3 is 2.83 bits per heavy atom. The lowest BCUT2D eigenvalue weighted by Crippen LogP contribution is -2.45. The molecule has 0 spiro atoms. The number of thioether (sulfide) groups is 1. The summed E-state index contributed by atoms with van der Waals surface area (Å²) in [5, 5.41) is 0.